The Morgan fingerprint density at radius 1 is 0.765 bits per heavy atom. The van der Waals surface area contributed by atoms with Crippen molar-refractivity contribution in [2.24, 2.45) is 0 Å². The number of benzene rings is 4. The van der Waals surface area contributed by atoms with Crippen LogP contribution in [0.2, 0.25) is 0 Å². The maximum absolute atomic E-state index is 12.7. The van der Waals surface area contributed by atoms with Gasteiger partial charge in [-0.2, -0.15) is 0 Å². The van der Waals surface area contributed by atoms with Crippen LogP contribution in [0, 0.1) is 0 Å². The minimum atomic E-state index is -1.18. The summed E-state index contributed by atoms with van der Waals surface area (Å²) in [5.41, 5.74) is 7.92. The lowest BCUT2D eigenvalue weighted by molar-refractivity contribution is -0.117. The van der Waals surface area contributed by atoms with Gasteiger partial charge in [0.05, 0.1) is 27.1 Å². The molecule has 1 N–H and O–H groups in total. The summed E-state index contributed by atoms with van der Waals surface area (Å²) < 4.78 is 17.4. The third-order valence-corrected chi connectivity index (χ3v) is 11.6. The second-order valence-corrected chi connectivity index (χ2v) is 17.4. The van der Waals surface area contributed by atoms with E-state index in [4.69, 9.17) is 0 Å². The van der Waals surface area contributed by atoms with Gasteiger partial charge in [-0.25, -0.2) is 8.93 Å². The second-order valence-electron chi connectivity index (χ2n) is 13.7. The highest BCUT2D eigenvalue weighted by molar-refractivity contribution is 9.11. The van der Waals surface area contributed by atoms with Crippen LogP contribution in [0.1, 0.15) is 99.1 Å². The Balaban J connectivity index is 0.000000230. The average Bonchev–Trinajstić information content (AvgIpc) is 3.06. The number of nitrogens with one attached hydrogen (secondary N) is 1. The first-order valence-electron chi connectivity index (χ1n) is 16.7. The Morgan fingerprint density at radius 3 is 1.76 bits per heavy atom. The van der Waals surface area contributed by atoms with Crippen molar-refractivity contribution in [3.8, 4) is 0 Å². The predicted octanol–water partition coefficient (Wildman–Crippen LogP) is 9.50. The fourth-order valence-electron chi connectivity index (χ4n) is 6.28. The summed E-state index contributed by atoms with van der Waals surface area (Å²) in [6, 6.07) is 28.5. The number of carbonyl (C=O) groups is 3. The standard InChI is InChI=1S/C22H27BrN2O2S.C18H16BrNO2.CH4/c1-15(26)25-11-10-20(24-28(27)22(2,3)4)18-13-17(14-19(23)21(18)25)12-16-8-6-5-7-9-16;1-12(21)20-8-7-17(22)15-10-14(11-16(19)18(15)20)9-13-5-3-2-4-6-13;/h5-9,13-14,20,24H,10-12H2,1-4H3;2-6,10-11H,7-9H2,1H3;1H4/t20-,28-;;/m1../s1. The zero-order valence-corrected chi connectivity index (χ0v) is 33.1. The van der Waals surface area contributed by atoms with E-state index in [1.165, 1.54) is 18.1 Å². The number of Topliss-reactive ketones (excluding diaryl/α,β-unsaturated/α-hetero) is 1. The van der Waals surface area contributed by atoms with Gasteiger partial charge in [0.1, 0.15) is 0 Å². The molecule has 0 bridgehead atoms. The van der Waals surface area contributed by atoms with Crippen molar-refractivity contribution in [3.63, 3.8) is 0 Å². The maximum atomic E-state index is 12.7. The molecule has 51 heavy (non-hydrogen) atoms. The third-order valence-electron chi connectivity index (χ3n) is 8.76. The fraction of sp³-hybridized carbons (Fsp3) is 0.341. The van der Waals surface area contributed by atoms with Crippen LogP contribution >= 0.6 is 31.9 Å². The molecule has 2 atom stereocenters. The van der Waals surface area contributed by atoms with Crippen molar-refractivity contribution in [2.75, 3.05) is 22.9 Å². The first kappa shape index (κ1) is 40.3. The summed E-state index contributed by atoms with van der Waals surface area (Å²) in [4.78, 5) is 39.7. The van der Waals surface area contributed by atoms with Gasteiger partial charge in [-0.15, -0.1) is 0 Å². The molecule has 0 radical (unpaired) electrons. The molecule has 0 saturated carbocycles. The number of nitrogens with zero attached hydrogens (tertiary/aromatic N) is 2. The molecule has 0 aromatic heterocycles. The zero-order chi connectivity index (χ0) is 36.2. The molecule has 2 amide bonds. The summed E-state index contributed by atoms with van der Waals surface area (Å²) in [5, 5.41) is 0. The van der Waals surface area contributed by atoms with Gasteiger partial charge < -0.3 is 9.80 Å². The molecular formula is C41H47Br2N3O4S. The van der Waals surface area contributed by atoms with Crippen LogP contribution in [0.25, 0.3) is 0 Å². The Labute approximate surface area is 322 Å². The van der Waals surface area contributed by atoms with Gasteiger partial charge in [0, 0.05) is 53.9 Å². The Hall–Kier alpha value is -3.44. The van der Waals surface area contributed by atoms with Crippen molar-refractivity contribution < 1.29 is 18.6 Å². The number of anilines is 2. The summed E-state index contributed by atoms with van der Waals surface area (Å²) in [6.07, 6.45) is 2.69. The summed E-state index contributed by atoms with van der Waals surface area (Å²) in [7, 11) is -1.18. The van der Waals surface area contributed by atoms with E-state index in [2.05, 4.69) is 73.0 Å². The van der Waals surface area contributed by atoms with Gasteiger partial charge in [-0.3, -0.25) is 14.4 Å². The smallest absolute Gasteiger partial charge is 0.223 e. The summed E-state index contributed by atoms with van der Waals surface area (Å²) >= 11 is 7.23. The van der Waals surface area contributed by atoms with E-state index in [0.29, 0.717) is 30.8 Å². The number of carbonyl (C=O) groups excluding carboxylic acids is 3. The topological polar surface area (TPSA) is 86.8 Å². The molecule has 2 heterocycles. The SMILES string of the molecule is C.CC(=O)N1CCC(=O)c2cc(Cc3ccccc3)cc(Br)c21.CC(=O)N1CC[C@@H](N[S@](=O)C(C)(C)C)c2cc(Cc3ccccc3)cc(Br)c21. The van der Waals surface area contributed by atoms with E-state index in [-0.39, 0.29) is 35.8 Å². The van der Waals surface area contributed by atoms with E-state index in [1.54, 1.807) is 11.8 Å². The van der Waals surface area contributed by atoms with Crippen LogP contribution in [-0.4, -0.2) is 39.6 Å². The molecule has 4 aromatic rings. The van der Waals surface area contributed by atoms with Gasteiger partial charge in [0.2, 0.25) is 11.8 Å². The van der Waals surface area contributed by atoms with Crippen molar-refractivity contribution in [1.29, 1.82) is 0 Å². The molecule has 0 aliphatic carbocycles. The van der Waals surface area contributed by atoms with E-state index in [1.807, 2.05) is 74.2 Å². The molecule has 10 heteroatoms. The Kier molecular flexibility index (Phi) is 13.7. The molecule has 7 nitrogen and oxygen atoms in total. The lowest BCUT2D eigenvalue weighted by Gasteiger charge is -2.36. The van der Waals surface area contributed by atoms with Crippen LogP contribution in [0.4, 0.5) is 11.4 Å². The number of hydrogen-bond acceptors (Lipinski definition) is 4. The lowest BCUT2D eigenvalue weighted by Crippen LogP contribution is -2.42. The fourth-order valence-corrected chi connectivity index (χ4v) is 8.60. The van der Waals surface area contributed by atoms with Crippen molar-refractivity contribution in [1.82, 2.24) is 4.72 Å². The number of fused-ring (bicyclic) bond motifs is 2. The van der Waals surface area contributed by atoms with Crippen molar-refractivity contribution >= 4 is 71.8 Å². The second kappa shape index (κ2) is 17.4. The van der Waals surface area contributed by atoms with E-state index >= 15 is 0 Å². The highest BCUT2D eigenvalue weighted by atomic mass is 79.9. The number of amides is 2. The Bertz CT molecular complexity index is 1910. The van der Waals surface area contributed by atoms with Gasteiger partial charge in [0.15, 0.2) is 5.78 Å². The average molecular weight is 838 g/mol. The Morgan fingerprint density at radius 2 is 1.25 bits per heavy atom. The van der Waals surface area contributed by atoms with Gasteiger partial charge in [-0.1, -0.05) is 74.2 Å². The summed E-state index contributed by atoms with van der Waals surface area (Å²) in [5.74, 6) is 0.0847. The zero-order valence-electron chi connectivity index (χ0n) is 29.1. The highest BCUT2D eigenvalue weighted by Crippen LogP contribution is 2.41. The summed E-state index contributed by atoms with van der Waals surface area (Å²) in [6.45, 7) is 10.1. The van der Waals surface area contributed by atoms with Crippen LogP contribution in [0.5, 0.6) is 0 Å². The molecule has 6 rings (SSSR count). The molecule has 0 saturated heterocycles. The minimum Gasteiger partial charge on any atom is -0.311 e. The highest BCUT2D eigenvalue weighted by Gasteiger charge is 2.33. The predicted molar refractivity (Wildman–Crippen MR) is 217 cm³/mol. The van der Waals surface area contributed by atoms with Gasteiger partial charge >= 0.3 is 0 Å². The number of ketones is 1. The number of hydrogen-bond donors (Lipinski definition) is 1. The van der Waals surface area contributed by atoms with E-state index < -0.39 is 11.0 Å². The molecule has 2 aliphatic rings. The molecule has 0 spiro atoms. The van der Waals surface area contributed by atoms with Crippen LogP contribution in [-0.2, 0) is 33.4 Å². The lowest BCUT2D eigenvalue weighted by atomic mass is 9.93. The molecule has 270 valence electrons. The first-order chi connectivity index (χ1) is 23.7. The molecule has 4 aromatic carbocycles. The maximum Gasteiger partial charge on any atom is 0.223 e. The molecule has 2 aliphatic heterocycles. The first-order valence-corrected chi connectivity index (χ1v) is 19.5. The van der Waals surface area contributed by atoms with Gasteiger partial charge in [0.25, 0.3) is 0 Å². The van der Waals surface area contributed by atoms with Crippen LogP contribution in [0.3, 0.4) is 0 Å². The molecule has 0 unspecified atom stereocenters. The number of rotatable bonds is 6. The van der Waals surface area contributed by atoms with Crippen molar-refractivity contribution in [3.05, 3.63) is 127 Å². The van der Waals surface area contributed by atoms with Crippen LogP contribution < -0.4 is 14.5 Å². The normalized spacial score (nSPS) is 15.8. The number of halogens is 2. The quantitative estimate of drug-likeness (QED) is 0.210. The van der Waals surface area contributed by atoms with E-state index in [0.717, 1.165) is 50.6 Å². The monoisotopic (exact) mass is 835 g/mol. The van der Waals surface area contributed by atoms with Crippen LogP contribution in [0.15, 0.2) is 93.9 Å². The van der Waals surface area contributed by atoms with E-state index in [9.17, 15) is 18.6 Å². The molecular weight excluding hydrogens is 790 g/mol. The minimum absolute atomic E-state index is 0. The van der Waals surface area contributed by atoms with Crippen molar-refractivity contribution in [2.45, 2.75) is 78.5 Å². The van der Waals surface area contributed by atoms with Gasteiger partial charge in [-0.05, 0) is 118 Å². The molecule has 0 fully saturated rings. The third kappa shape index (κ3) is 9.92. The largest absolute Gasteiger partial charge is 0.311 e.